The number of rotatable bonds is 7. The molecule has 10 nitrogen and oxygen atoms in total. The van der Waals surface area contributed by atoms with Crippen LogP contribution in [0.15, 0.2) is 54.9 Å². The lowest BCUT2D eigenvalue weighted by atomic mass is 9.94. The molecule has 2 N–H and O–H groups in total. The molecule has 2 aromatic carbocycles. The molecule has 2 amide bonds. The van der Waals surface area contributed by atoms with Crippen molar-refractivity contribution in [1.82, 2.24) is 35.5 Å². The summed E-state index contributed by atoms with van der Waals surface area (Å²) < 4.78 is 47.3. The van der Waals surface area contributed by atoms with Crippen molar-refractivity contribution in [2.45, 2.75) is 37.4 Å². The summed E-state index contributed by atoms with van der Waals surface area (Å²) in [7, 11) is 1.43. The van der Waals surface area contributed by atoms with E-state index in [2.05, 4.69) is 25.7 Å². The second-order valence-electron chi connectivity index (χ2n) is 10.6. The molecule has 42 heavy (non-hydrogen) atoms. The molecule has 0 spiro atoms. The van der Waals surface area contributed by atoms with E-state index in [-0.39, 0.29) is 30.6 Å². The number of carbonyl (C=O) groups excluding carboxylic acids is 2. The average molecular weight is 580 g/mol. The Morgan fingerprint density at radius 2 is 1.98 bits per heavy atom. The minimum Gasteiger partial charge on any atom is -0.496 e. The zero-order valence-electron chi connectivity index (χ0n) is 22.7. The number of alkyl halides is 2. The summed E-state index contributed by atoms with van der Waals surface area (Å²) in [6.07, 6.45) is 3.90. The Hall–Kier alpha value is -4.52. The van der Waals surface area contributed by atoms with Gasteiger partial charge in [-0.05, 0) is 49.2 Å². The molecule has 2 aliphatic heterocycles. The van der Waals surface area contributed by atoms with E-state index in [1.807, 2.05) is 0 Å². The van der Waals surface area contributed by atoms with Crippen LogP contribution in [0.3, 0.4) is 0 Å². The van der Waals surface area contributed by atoms with Crippen LogP contribution in [0.25, 0.3) is 22.2 Å². The first-order valence-electron chi connectivity index (χ1n) is 13.5. The van der Waals surface area contributed by atoms with E-state index in [1.54, 1.807) is 47.6 Å². The van der Waals surface area contributed by atoms with Gasteiger partial charge in [-0.1, -0.05) is 6.07 Å². The molecule has 2 atom stereocenters. The molecule has 218 valence electrons. The highest BCUT2D eigenvalue weighted by Crippen LogP contribution is 2.32. The number of nitrogens with one attached hydrogen (secondary N) is 2. The number of halogens is 3. The van der Waals surface area contributed by atoms with Gasteiger partial charge in [0.2, 0.25) is 5.91 Å². The first-order chi connectivity index (χ1) is 20.2. The Bertz CT molecular complexity index is 1620. The van der Waals surface area contributed by atoms with Crippen LogP contribution >= 0.6 is 0 Å². The van der Waals surface area contributed by atoms with Crippen LogP contribution in [0.2, 0.25) is 0 Å². The maximum Gasteiger partial charge on any atom is 0.282 e. The van der Waals surface area contributed by atoms with Gasteiger partial charge in [0.1, 0.15) is 17.3 Å². The van der Waals surface area contributed by atoms with Crippen molar-refractivity contribution in [3.05, 3.63) is 71.8 Å². The molecule has 2 fully saturated rings. The number of carbonyl (C=O) groups is 2. The fourth-order valence-corrected chi connectivity index (χ4v) is 5.66. The second-order valence-corrected chi connectivity index (χ2v) is 10.6. The van der Waals surface area contributed by atoms with Crippen LogP contribution in [-0.2, 0) is 11.3 Å². The van der Waals surface area contributed by atoms with Gasteiger partial charge in [-0.3, -0.25) is 19.6 Å². The first kappa shape index (κ1) is 27.6. The quantitative estimate of drug-likeness (QED) is 0.345. The number of likely N-dealkylation sites (tertiary alicyclic amines) is 2. The molecular formula is C29H28F3N7O3. The molecule has 0 saturated carbocycles. The Morgan fingerprint density at radius 1 is 1.14 bits per heavy atom. The van der Waals surface area contributed by atoms with E-state index in [0.29, 0.717) is 29.8 Å². The van der Waals surface area contributed by atoms with Crippen molar-refractivity contribution in [3.8, 4) is 17.0 Å². The van der Waals surface area contributed by atoms with Gasteiger partial charge in [-0.15, -0.1) is 0 Å². The van der Waals surface area contributed by atoms with Gasteiger partial charge < -0.3 is 15.0 Å². The van der Waals surface area contributed by atoms with E-state index < -0.39 is 36.8 Å². The third-order valence-corrected chi connectivity index (χ3v) is 7.80. The Labute approximate surface area is 238 Å². The highest BCUT2D eigenvalue weighted by atomic mass is 19.3. The smallest absolute Gasteiger partial charge is 0.282 e. The number of benzene rings is 2. The number of hydrogen-bond donors (Lipinski definition) is 2. The third kappa shape index (κ3) is 5.39. The molecular weight excluding hydrogens is 551 g/mol. The van der Waals surface area contributed by atoms with Crippen LogP contribution in [-0.4, -0.2) is 86.8 Å². The van der Waals surface area contributed by atoms with Crippen LogP contribution in [0.4, 0.5) is 13.2 Å². The number of fused-ring (bicyclic) bond motifs is 1. The van der Waals surface area contributed by atoms with Crippen molar-refractivity contribution >= 4 is 22.7 Å². The van der Waals surface area contributed by atoms with Gasteiger partial charge in [0.25, 0.3) is 11.8 Å². The minimum atomic E-state index is -2.90. The Morgan fingerprint density at radius 3 is 2.71 bits per heavy atom. The van der Waals surface area contributed by atoms with Crippen molar-refractivity contribution in [3.63, 3.8) is 0 Å². The van der Waals surface area contributed by atoms with E-state index in [4.69, 9.17) is 4.74 Å². The van der Waals surface area contributed by atoms with Crippen molar-refractivity contribution in [2.24, 2.45) is 0 Å². The van der Waals surface area contributed by atoms with Crippen LogP contribution in [0.1, 0.15) is 28.8 Å². The van der Waals surface area contributed by atoms with Gasteiger partial charge >= 0.3 is 0 Å². The number of methoxy groups -OCH3 is 1. The monoisotopic (exact) mass is 579 g/mol. The minimum absolute atomic E-state index is 0.00711. The summed E-state index contributed by atoms with van der Waals surface area (Å²) in [5.74, 6) is -3.83. The molecule has 6 rings (SSSR count). The van der Waals surface area contributed by atoms with Crippen molar-refractivity contribution in [1.29, 1.82) is 0 Å². The Balaban J connectivity index is 1.22. The molecule has 4 heterocycles. The summed E-state index contributed by atoms with van der Waals surface area (Å²) in [5, 5.41) is 18.8. The number of amides is 2. The van der Waals surface area contributed by atoms with E-state index in [9.17, 15) is 22.8 Å². The molecule has 2 saturated heterocycles. The van der Waals surface area contributed by atoms with Gasteiger partial charge in [0.05, 0.1) is 44.2 Å². The molecule has 2 aromatic heterocycles. The molecule has 4 aromatic rings. The topological polar surface area (TPSA) is 116 Å². The summed E-state index contributed by atoms with van der Waals surface area (Å²) in [5.41, 5.74) is 2.79. The van der Waals surface area contributed by atoms with Gasteiger partial charge in [0, 0.05) is 41.2 Å². The lowest BCUT2D eigenvalue weighted by molar-refractivity contribution is -0.172. The van der Waals surface area contributed by atoms with Crippen LogP contribution < -0.4 is 10.1 Å². The largest absolute Gasteiger partial charge is 0.496 e. The fraction of sp³-hybridized carbons (Fsp3) is 0.345. The first-order valence-corrected chi connectivity index (χ1v) is 13.5. The number of ether oxygens (including phenoxy) is 1. The molecule has 0 unspecified atom stereocenters. The normalized spacial score (nSPS) is 20.2. The summed E-state index contributed by atoms with van der Waals surface area (Å²) in [4.78, 5) is 29.5. The zero-order valence-corrected chi connectivity index (χ0v) is 22.7. The fourth-order valence-electron chi connectivity index (χ4n) is 5.66. The van der Waals surface area contributed by atoms with Crippen LogP contribution in [0, 0.1) is 5.82 Å². The Kier molecular flexibility index (Phi) is 7.27. The summed E-state index contributed by atoms with van der Waals surface area (Å²) in [6.45, 7) is -1.04. The number of hydrogen-bond acceptors (Lipinski definition) is 7. The van der Waals surface area contributed by atoms with E-state index >= 15 is 0 Å². The number of H-pyrrole nitrogens is 1. The predicted octanol–water partition coefficient (Wildman–Crippen LogP) is 3.41. The predicted molar refractivity (Wildman–Crippen MR) is 146 cm³/mol. The molecule has 0 bridgehead atoms. The number of aromatic amines is 1. The van der Waals surface area contributed by atoms with E-state index in [0.717, 1.165) is 21.4 Å². The maximum atomic E-state index is 14.9. The SMILES string of the molecule is COc1cccc(F)c1CN1C[C@H](NC(=O)c2ccc3[nH]nc(-c4ccnnc4)c3c2)CC[C@H]1C(=O)N1CC(F)(F)C1. The molecule has 0 radical (unpaired) electrons. The lowest BCUT2D eigenvalue weighted by Gasteiger charge is -2.45. The van der Waals surface area contributed by atoms with Gasteiger partial charge in [0.15, 0.2) is 0 Å². The summed E-state index contributed by atoms with van der Waals surface area (Å²) in [6, 6.07) is 10.3. The lowest BCUT2D eigenvalue weighted by Crippen LogP contribution is -2.64. The molecule has 0 aliphatic carbocycles. The van der Waals surface area contributed by atoms with Gasteiger partial charge in [-0.2, -0.15) is 15.3 Å². The number of aromatic nitrogens is 4. The number of nitrogens with zero attached hydrogens (tertiary/aromatic N) is 5. The van der Waals surface area contributed by atoms with Crippen LogP contribution in [0.5, 0.6) is 5.75 Å². The van der Waals surface area contributed by atoms with Crippen molar-refractivity contribution < 1.29 is 27.5 Å². The molecule has 13 heteroatoms. The van der Waals surface area contributed by atoms with Gasteiger partial charge in [-0.25, -0.2) is 13.2 Å². The number of piperidine rings is 1. The average Bonchev–Trinajstić information content (AvgIpc) is 3.40. The second kappa shape index (κ2) is 11.0. The van der Waals surface area contributed by atoms with Crippen molar-refractivity contribution in [2.75, 3.05) is 26.7 Å². The maximum absolute atomic E-state index is 14.9. The standard InChI is InChI=1S/C29H28F3N7O3/c1-42-25-4-2-3-22(30)21(25)14-38-13-19(6-8-24(38)28(41)39-15-29(31,32)16-39)35-27(40)17-5-7-23-20(11-17)26(37-36-23)18-9-10-33-34-12-18/h2-5,7,9-12,19,24H,6,8,13-16H2,1H3,(H,35,40)(H,36,37)/t19-,24+/m1/s1. The highest BCUT2D eigenvalue weighted by Gasteiger charge is 2.49. The van der Waals surface area contributed by atoms with E-state index in [1.165, 1.54) is 19.2 Å². The highest BCUT2D eigenvalue weighted by molar-refractivity contribution is 6.01. The molecule has 2 aliphatic rings. The zero-order chi connectivity index (χ0) is 29.4. The third-order valence-electron chi connectivity index (χ3n) is 7.80. The summed E-state index contributed by atoms with van der Waals surface area (Å²) >= 11 is 0.